The standard InChI is InChI=1S/C13H21NOS/c1-11(15)13(2,10-14)8-9-16-12-6-4-3-5-7-12/h3-7,11,15H,8-10,14H2,1-2H3. The molecule has 0 saturated carbocycles. The van der Waals surface area contributed by atoms with Gasteiger partial charge in [-0.05, 0) is 31.2 Å². The number of hydrogen-bond acceptors (Lipinski definition) is 3. The van der Waals surface area contributed by atoms with Gasteiger partial charge in [-0.25, -0.2) is 0 Å². The topological polar surface area (TPSA) is 46.2 Å². The molecule has 0 aliphatic rings. The van der Waals surface area contributed by atoms with Gasteiger partial charge in [0.15, 0.2) is 0 Å². The minimum Gasteiger partial charge on any atom is -0.393 e. The third-order valence-electron chi connectivity index (χ3n) is 3.16. The van der Waals surface area contributed by atoms with Crippen molar-refractivity contribution in [1.29, 1.82) is 0 Å². The predicted octanol–water partition coefficient (Wildman–Crippen LogP) is 2.51. The van der Waals surface area contributed by atoms with Crippen molar-refractivity contribution in [2.75, 3.05) is 12.3 Å². The van der Waals surface area contributed by atoms with E-state index in [9.17, 15) is 5.11 Å². The zero-order valence-corrected chi connectivity index (χ0v) is 10.8. The van der Waals surface area contributed by atoms with Gasteiger partial charge in [-0.3, -0.25) is 0 Å². The van der Waals surface area contributed by atoms with Crippen molar-refractivity contribution in [2.45, 2.75) is 31.3 Å². The Bertz CT molecular complexity index is 302. The highest BCUT2D eigenvalue weighted by Gasteiger charge is 2.27. The Hall–Kier alpha value is -0.510. The molecule has 1 aromatic rings. The SMILES string of the molecule is CC(O)C(C)(CN)CCSc1ccccc1. The zero-order chi connectivity index (χ0) is 12.0. The Morgan fingerprint density at radius 1 is 1.38 bits per heavy atom. The Morgan fingerprint density at radius 2 is 2.00 bits per heavy atom. The number of thioether (sulfide) groups is 1. The number of nitrogens with two attached hydrogens (primary N) is 1. The van der Waals surface area contributed by atoms with Gasteiger partial charge >= 0.3 is 0 Å². The summed E-state index contributed by atoms with van der Waals surface area (Å²) in [5.74, 6) is 0.989. The number of aliphatic hydroxyl groups excluding tert-OH is 1. The molecule has 0 spiro atoms. The minimum atomic E-state index is -0.353. The molecule has 0 amide bonds. The number of rotatable bonds is 6. The number of aliphatic hydroxyl groups is 1. The van der Waals surface area contributed by atoms with Gasteiger partial charge in [0, 0.05) is 16.9 Å². The molecule has 0 saturated heterocycles. The van der Waals surface area contributed by atoms with Crippen LogP contribution in [0.5, 0.6) is 0 Å². The van der Waals surface area contributed by atoms with Crippen LogP contribution in [0, 0.1) is 5.41 Å². The molecule has 1 aromatic carbocycles. The summed E-state index contributed by atoms with van der Waals surface area (Å²) in [7, 11) is 0. The summed E-state index contributed by atoms with van der Waals surface area (Å²) < 4.78 is 0. The summed E-state index contributed by atoms with van der Waals surface area (Å²) in [6.45, 7) is 4.39. The van der Waals surface area contributed by atoms with Gasteiger partial charge in [0.1, 0.15) is 0 Å². The van der Waals surface area contributed by atoms with Crippen LogP contribution in [0.4, 0.5) is 0 Å². The van der Waals surface area contributed by atoms with E-state index < -0.39 is 0 Å². The molecule has 3 heteroatoms. The number of benzene rings is 1. The van der Waals surface area contributed by atoms with E-state index in [2.05, 4.69) is 12.1 Å². The second kappa shape index (κ2) is 6.28. The highest BCUT2D eigenvalue weighted by molar-refractivity contribution is 7.99. The molecule has 0 fully saturated rings. The lowest BCUT2D eigenvalue weighted by molar-refractivity contribution is 0.0567. The van der Waals surface area contributed by atoms with Gasteiger partial charge in [-0.2, -0.15) is 0 Å². The molecule has 0 aliphatic heterocycles. The van der Waals surface area contributed by atoms with Crippen molar-refractivity contribution in [3.05, 3.63) is 30.3 Å². The van der Waals surface area contributed by atoms with Crippen molar-refractivity contribution in [3.63, 3.8) is 0 Å². The fourth-order valence-corrected chi connectivity index (χ4v) is 2.55. The molecule has 0 aliphatic carbocycles. The van der Waals surface area contributed by atoms with E-state index >= 15 is 0 Å². The van der Waals surface area contributed by atoms with Gasteiger partial charge in [-0.1, -0.05) is 25.1 Å². The Morgan fingerprint density at radius 3 is 2.50 bits per heavy atom. The predicted molar refractivity (Wildman–Crippen MR) is 70.6 cm³/mol. The van der Waals surface area contributed by atoms with Crippen LogP contribution < -0.4 is 5.73 Å². The van der Waals surface area contributed by atoms with Crippen molar-refractivity contribution in [1.82, 2.24) is 0 Å². The van der Waals surface area contributed by atoms with E-state index in [0.717, 1.165) is 12.2 Å². The summed E-state index contributed by atoms with van der Waals surface area (Å²) in [6, 6.07) is 10.3. The summed E-state index contributed by atoms with van der Waals surface area (Å²) >= 11 is 1.81. The summed E-state index contributed by atoms with van der Waals surface area (Å²) in [4.78, 5) is 1.27. The second-order valence-electron chi connectivity index (χ2n) is 4.45. The average Bonchev–Trinajstić information content (AvgIpc) is 2.30. The monoisotopic (exact) mass is 239 g/mol. The Labute approximate surface area is 102 Å². The van der Waals surface area contributed by atoms with Crippen LogP contribution in [0.25, 0.3) is 0 Å². The first kappa shape index (κ1) is 13.6. The summed E-state index contributed by atoms with van der Waals surface area (Å²) in [6.07, 6.45) is 0.578. The van der Waals surface area contributed by atoms with E-state index in [1.165, 1.54) is 4.90 Å². The molecule has 2 atom stereocenters. The minimum absolute atomic E-state index is 0.165. The largest absolute Gasteiger partial charge is 0.393 e. The third-order valence-corrected chi connectivity index (χ3v) is 4.17. The van der Waals surface area contributed by atoms with Crippen molar-refractivity contribution >= 4 is 11.8 Å². The molecule has 1 rings (SSSR count). The fraction of sp³-hybridized carbons (Fsp3) is 0.538. The average molecular weight is 239 g/mol. The Balaban J connectivity index is 2.40. The molecular weight excluding hydrogens is 218 g/mol. The van der Waals surface area contributed by atoms with E-state index in [1.807, 2.05) is 43.8 Å². The van der Waals surface area contributed by atoms with Crippen molar-refractivity contribution in [3.8, 4) is 0 Å². The normalized spacial score (nSPS) is 16.8. The van der Waals surface area contributed by atoms with Crippen LogP contribution in [0.15, 0.2) is 35.2 Å². The van der Waals surface area contributed by atoms with E-state index in [0.29, 0.717) is 6.54 Å². The third kappa shape index (κ3) is 3.81. The van der Waals surface area contributed by atoms with Crippen LogP contribution in [0.2, 0.25) is 0 Å². The fourth-order valence-electron chi connectivity index (χ4n) is 1.40. The lowest BCUT2D eigenvalue weighted by atomic mass is 9.82. The summed E-state index contributed by atoms with van der Waals surface area (Å²) in [5.41, 5.74) is 5.55. The Kier molecular flexibility index (Phi) is 5.32. The van der Waals surface area contributed by atoms with Gasteiger partial charge in [-0.15, -0.1) is 11.8 Å². The zero-order valence-electron chi connectivity index (χ0n) is 10.0. The van der Waals surface area contributed by atoms with Crippen molar-refractivity contribution < 1.29 is 5.11 Å². The second-order valence-corrected chi connectivity index (χ2v) is 5.61. The first-order valence-corrected chi connectivity index (χ1v) is 6.63. The van der Waals surface area contributed by atoms with Crippen LogP contribution in [-0.2, 0) is 0 Å². The molecule has 0 aromatic heterocycles. The van der Waals surface area contributed by atoms with Crippen LogP contribution >= 0.6 is 11.8 Å². The smallest absolute Gasteiger partial charge is 0.0578 e. The highest BCUT2D eigenvalue weighted by Crippen LogP contribution is 2.28. The van der Waals surface area contributed by atoms with Crippen LogP contribution in [-0.4, -0.2) is 23.5 Å². The van der Waals surface area contributed by atoms with Crippen LogP contribution in [0.1, 0.15) is 20.3 Å². The quantitative estimate of drug-likeness (QED) is 0.750. The first-order valence-electron chi connectivity index (χ1n) is 5.64. The maximum Gasteiger partial charge on any atom is 0.0578 e. The molecule has 2 unspecified atom stereocenters. The van der Waals surface area contributed by atoms with Gasteiger partial charge in [0.2, 0.25) is 0 Å². The lowest BCUT2D eigenvalue weighted by Gasteiger charge is -2.31. The molecular formula is C13H21NOS. The molecule has 90 valence electrons. The molecule has 3 N–H and O–H groups in total. The van der Waals surface area contributed by atoms with E-state index in [1.54, 1.807) is 0 Å². The summed E-state index contributed by atoms with van der Waals surface area (Å²) in [5, 5.41) is 9.68. The first-order chi connectivity index (χ1) is 7.58. The van der Waals surface area contributed by atoms with Crippen molar-refractivity contribution in [2.24, 2.45) is 11.1 Å². The lowest BCUT2D eigenvalue weighted by Crippen LogP contribution is -2.38. The molecule has 0 radical (unpaired) electrons. The molecule has 16 heavy (non-hydrogen) atoms. The van der Waals surface area contributed by atoms with Gasteiger partial charge in [0.25, 0.3) is 0 Å². The van der Waals surface area contributed by atoms with Crippen LogP contribution in [0.3, 0.4) is 0 Å². The highest BCUT2D eigenvalue weighted by atomic mass is 32.2. The van der Waals surface area contributed by atoms with Gasteiger partial charge in [0.05, 0.1) is 6.10 Å². The van der Waals surface area contributed by atoms with E-state index in [-0.39, 0.29) is 11.5 Å². The molecule has 2 nitrogen and oxygen atoms in total. The maximum absolute atomic E-state index is 9.68. The van der Waals surface area contributed by atoms with E-state index in [4.69, 9.17) is 5.73 Å². The molecule has 0 bridgehead atoms. The maximum atomic E-state index is 9.68. The molecule has 0 heterocycles. The number of hydrogen-bond donors (Lipinski definition) is 2. The van der Waals surface area contributed by atoms with Gasteiger partial charge < -0.3 is 10.8 Å².